The number of ether oxygens (including phenoxy) is 1. The van der Waals surface area contributed by atoms with Gasteiger partial charge in [-0.05, 0) is 36.8 Å². The van der Waals surface area contributed by atoms with Crippen LogP contribution in [0.2, 0.25) is 0 Å². The summed E-state index contributed by atoms with van der Waals surface area (Å²) in [5.74, 6) is 2.36. The minimum atomic E-state index is 0.356. The Bertz CT molecular complexity index is 443. The van der Waals surface area contributed by atoms with Crippen molar-refractivity contribution in [1.29, 1.82) is 0 Å². The average molecular weight is 289 g/mol. The summed E-state index contributed by atoms with van der Waals surface area (Å²) in [5.41, 5.74) is 1.76. The van der Waals surface area contributed by atoms with E-state index in [1.807, 2.05) is 0 Å². The van der Waals surface area contributed by atoms with E-state index < -0.39 is 0 Å². The number of para-hydroxylation sites is 1. The van der Waals surface area contributed by atoms with Crippen molar-refractivity contribution < 1.29 is 4.74 Å². The van der Waals surface area contributed by atoms with E-state index in [2.05, 4.69) is 57.3 Å². The standard InChI is InChI=1S/C19H31NO/c1-5-10-19(4,14-20-12-15(2)3)11-16-13-21-18-9-7-6-8-17(16)18/h6-9,15-16,20H,5,10-14H2,1-4H3. The first-order valence-corrected chi connectivity index (χ1v) is 8.46. The van der Waals surface area contributed by atoms with Gasteiger partial charge in [0.25, 0.3) is 0 Å². The molecule has 0 saturated carbocycles. The molecule has 2 unspecified atom stereocenters. The molecule has 0 fully saturated rings. The fraction of sp³-hybridized carbons (Fsp3) is 0.684. The van der Waals surface area contributed by atoms with Gasteiger partial charge in [0.2, 0.25) is 0 Å². The van der Waals surface area contributed by atoms with Crippen molar-refractivity contribution in [2.75, 3.05) is 19.7 Å². The highest BCUT2D eigenvalue weighted by Gasteiger charge is 2.32. The molecule has 118 valence electrons. The number of fused-ring (bicyclic) bond motifs is 1. The van der Waals surface area contributed by atoms with Crippen LogP contribution in [0.3, 0.4) is 0 Å². The molecule has 2 nitrogen and oxygen atoms in total. The number of hydrogen-bond donors (Lipinski definition) is 1. The van der Waals surface area contributed by atoms with Crippen LogP contribution in [0.25, 0.3) is 0 Å². The van der Waals surface area contributed by atoms with Crippen LogP contribution in [0.1, 0.15) is 58.4 Å². The Balaban J connectivity index is 1.99. The van der Waals surface area contributed by atoms with Gasteiger partial charge in [-0.1, -0.05) is 52.3 Å². The molecule has 0 radical (unpaired) electrons. The number of nitrogens with one attached hydrogen (secondary N) is 1. The zero-order chi connectivity index (χ0) is 15.3. The van der Waals surface area contributed by atoms with Crippen LogP contribution in [-0.4, -0.2) is 19.7 Å². The lowest BCUT2D eigenvalue weighted by molar-refractivity contribution is 0.213. The summed E-state index contributed by atoms with van der Waals surface area (Å²) in [6, 6.07) is 8.54. The van der Waals surface area contributed by atoms with E-state index in [1.54, 1.807) is 0 Å². The third-order valence-electron chi connectivity index (χ3n) is 4.50. The smallest absolute Gasteiger partial charge is 0.122 e. The van der Waals surface area contributed by atoms with E-state index >= 15 is 0 Å². The monoisotopic (exact) mass is 289 g/mol. The van der Waals surface area contributed by atoms with Crippen molar-refractivity contribution in [3.8, 4) is 5.75 Å². The molecule has 1 aromatic carbocycles. The van der Waals surface area contributed by atoms with Crippen LogP contribution in [-0.2, 0) is 0 Å². The summed E-state index contributed by atoms with van der Waals surface area (Å²) >= 11 is 0. The minimum absolute atomic E-state index is 0.356. The summed E-state index contributed by atoms with van der Waals surface area (Å²) in [4.78, 5) is 0. The number of rotatable bonds is 8. The zero-order valence-corrected chi connectivity index (χ0v) is 14.1. The Hall–Kier alpha value is -1.02. The molecule has 0 aromatic heterocycles. The fourth-order valence-electron chi connectivity index (χ4n) is 3.52. The largest absolute Gasteiger partial charge is 0.493 e. The Morgan fingerprint density at radius 3 is 2.81 bits per heavy atom. The van der Waals surface area contributed by atoms with Crippen LogP contribution in [0.4, 0.5) is 0 Å². The van der Waals surface area contributed by atoms with Crippen molar-refractivity contribution >= 4 is 0 Å². The van der Waals surface area contributed by atoms with Crippen LogP contribution >= 0.6 is 0 Å². The second kappa shape index (κ2) is 7.31. The van der Waals surface area contributed by atoms with Crippen molar-refractivity contribution in [2.45, 2.75) is 52.9 Å². The van der Waals surface area contributed by atoms with Crippen molar-refractivity contribution in [3.05, 3.63) is 29.8 Å². The first-order valence-electron chi connectivity index (χ1n) is 8.46. The van der Waals surface area contributed by atoms with E-state index in [-0.39, 0.29) is 0 Å². The number of benzene rings is 1. The minimum Gasteiger partial charge on any atom is -0.493 e. The summed E-state index contributed by atoms with van der Waals surface area (Å²) < 4.78 is 5.86. The maximum atomic E-state index is 5.86. The molecule has 1 N–H and O–H groups in total. The highest BCUT2D eigenvalue weighted by molar-refractivity contribution is 5.39. The Morgan fingerprint density at radius 2 is 2.10 bits per heavy atom. The number of hydrogen-bond acceptors (Lipinski definition) is 2. The second-order valence-corrected chi connectivity index (χ2v) is 7.34. The molecule has 0 spiro atoms. The van der Waals surface area contributed by atoms with Crippen molar-refractivity contribution in [2.24, 2.45) is 11.3 Å². The SMILES string of the molecule is CCCC(C)(CNCC(C)C)CC1COc2ccccc21. The van der Waals surface area contributed by atoms with E-state index in [0.717, 1.165) is 25.4 Å². The zero-order valence-electron chi connectivity index (χ0n) is 14.1. The lowest BCUT2D eigenvalue weighted by atomic mass is 9.76. The summed E-state index contributed by atoms with van der Waals surface area (Å²) in [6.45, 7) is 12.3. The quantitative estimate of drug-likeness (QED) is 0.755. The van der Waals surface area contributed by atoms with Crippen molar-refractivity contribution in [1.82, 2.24) is 5.32 Å². The maximum Gasteiger partial charge on any atom is 0.122 e. The van der Waals surface area contributed by atoms with Gasteiger partial charge < -0.3 is 10.1 Å². The van der Waals surface area contributed by atoms with Crippen LogP contribution < -0.4 is 10.1 Å². The van der Waals surface area contributed by atoms with Gasteiger partial charge >= 0.3 is 0 Å². The normalized spacial score (nSPS) is 20.1. The highest BCUT2D eigenvalue weighted by Crippen LogP contribution is 2.42. The first kappa shape index (κ1) is 16.4. The molecule has 0 amide bonds. The van der Waals surface area contributed by atoms with Gasteiger partial charge in [0.05, 0.1) is 6.61 Å². The third kappa shape index (κ3) is 4.47. The maximum absolute atomic E-state index is 5.86. The molecule has 0 saturated heterocycles. The molecule has 1 heterocycles. The van der Waals surface area contributed by atoms with Gasteiger partial charge in [-0.2, -0.15) is 0 Å². The molecule has 1 aliphatic rings. The highest BCUT2D eigenvalue weighted by atomic mass is 16.5. The van der Waals surface area contributed by atoms with E-state index in [4.69, 9.17) is 4.74 Å². The fourth-order valence-corrected chi connectivity index (χ4v) is 3.52. The van der Waals surface area contributed by atoms with E-state index in [0.29, 0.717) is 17.3 Å². The second-order valence-electron chi connectivity index (χ2n) is 7.34. The van der Waals surface area contributed by atoms with Gasteiger partial charge in [0.15, 0.2) is 0 Å². The third-order valence-corrected chi connectivity index (χ3v) is 4.50. The molecule has 2 heteroatoms. The lowest BCUT2D eigenvalue weighted by Gasteiger charge is -2.32. The van der Waals surface area contributed by atoms with Gasteiger partial charge in [0.1, 0.15) is 5.75 Å². The predicted molar refractivity (Wildman–Crippen MR) is 90.0 cm³/mol. The molecular formula is C19H31NO. The Kier molecular flexibility index (Phi) is 5.69. The van der Waals surface area contributed by atoms with E-state index in [1.165, 1.54) is 24.8 Å². The first-order chi connectivity index (χ1) is 10.0. The molecule has 2 rings (SSSR count). The Morgan fingerprint density at radius 1 is 1.33 bits per heavy atom. The van der Waals surface area contributed by atoms with Crippen LogP contribution in [0.15, 0.2) is 24.3 Å². The van der Waals surface area contributed by atoms with Gasteiger partial charge in [-0.25, -0.2) is 0 Å². The molecule has 0 aliphatic carbocycles. The Labute approximate surface area is 130 Å². The lowest BCUT2D eigenvalue weighted by Crippen LogP contribution is -2.35. The summed E-state index contributed by atoms with van der Waals surface area (Å²) in [5, 5.41) is 3.67. The topological polar surface area (TPSA) is 21.3 Å². The van der Waals surface area contributed by atoms with Gasteiger partial charge in [0, 0.05) is 18.0 Å². The van der Waals surface area contributed by atoms with Crippen LogP contribution in [0, 0.1) is 11.3 Å². The molecule has 0 bridgehead atoms. The van der Waals surface area contributed by atoms with Gasteiger partial charge in [-0.15, -0.1) is 0 Å². The molecule has 1 aromatic rings. The summed E-state index contributed by atoms with van der Waals surface area (Å²) in [6.07, 6.45) is 3.73. The molecular weight excluding hydrogens is 258 g/mol. The predicted octanol–water partition coefficient (Wildman–Crippen LogP) is 4.60. The molecule has 1 aliphatic heterocycles. The summed E-state index contributed by atoms with van der Waals surface area (Å²) in [7, 11) is 0. The van der Waals surface area contributed by atoms with Gasteiger partial charge in [-0.3, -0.25) is 0 Å². The van der Waals surface area contributed by atoms with Crippen LogP contribution in [0.5, 0.6) is 5.75 Å². The molecule has 21 heavy (non-hydrogen) atoms. The average Bonchev–Trinajstić information content (AvgIpc) is 2.82. The van der Waals surface area contributed by atoms with Crippen molar-refractivity contribution in [3.63, 3.8) is 0 Å². The molecule has 2 atom stereocenters. The van der Waals surface area contributed by atoms with E-state index in [9.17, 15) is 0 Å².